The summed E-state index contributed by atoms with van der Waals surface area (Å²) in [5.41, 5.74) is 5.93. The van der Waals surface area contributed by atoms with Crippen molar-refractivity contribution in [3.8, 4) is 0 Å². The van der Waals surface area contributed by atoms with Crippen LogP contribution in [0, 0.1) is 0 Å². The minimum absolute atomic E-state index is 0. The monoisotopic (exact) mass is 455 g/mol. The second-order valence-corrected chi connectivity index (χ2v) is 8.16. The number of sulfone groups is 1. The van der Waals surface area contributed by atoms with Crippen LogP contribution in [0.25, 0.3) is 0 Å². The summed E-state index contributed by atoms with van der Waals surface area (Å²) in [7, 11) is -3.21. The van der Waals surface area contributed by atoms with Gasteiger partial charge in [-0.3, -0.25) is 4.99 Å². The second-order valence-electron chi connectivity index (χ2n) is 4.82. The van der Waals surface area contributed by atoms with Gasteiger partial charge in [0.1, 0.15) is 0 Å². The van der Waals surface area contributed by atoms with Gasteiger partial charge >= 0.3 is 0 Å². The van der Waals surface area contributed by atoms with Crippen molar-refractivity contribution in [2.24, 2.45) is 10.7 Å². The minimum atomic E-state index is -3.21. The summed E-state index contributed by atoms with van der Waals surface area (Å²) in [6.07, 6.45) is 0.487. The van der Waals surface area contributed by atoms with E-state index < -0.39 is 9.84 Å². The maximum atomic E-state index is 12.1. The maximum Gasteiger partial charge on any atom is 0.191 e. The Balaban J connectivity index is 0.00000242. The Morgan fingerprint density at radius 1 is 1.23 bits per heavy atom. The van der Waals surface area contributed by atoms with Crippen LogP contribution < -0.4 is 5.73 Å². The number of nitrogens with zero attached hydrogens (tertiary/aromatic N) is 2. The molecule has 1 aliphatic rings. The largest absolute Gasteiger partial charge is 0.370 e. The highest BCUT2D eigenvalue weighted by Gasteiger charge is 2.14. The first-order valence-corrected chi connectivity index (χ1v) is 9.81. The Morgan fingerprint density at radius 2 is 1.86 bits per heavy atom. The van der Waals surface area contributed by atoms with Crippen LogP contribution in [0.15, 0.2) is 40.2 Å². The van der Waals surface area contributed by atoms with E-state index in [1.807, 2.05) is 11.8 Å². The molecule has 0 aliphatic carbocycles. The molecule has 1 aliphatic heterocycles. The van der Waals surface area contributed by atoms with Crippen molar-refractivity contribution in [3.05, 3.63) is 30.3 Å². The van der Waals surface area contributed by atoms with E-state index in [0.717, 1.165) is 24.6 Å². The van der Waals surface area contributed by atoms with Gasteiger partial charge in [0.2, 0.25) is 0 Å². The van der Waals surface area contributed by atoms with Crippen LogP contribution in [0.5, 0.6) is 0 Å². The lowest BCUT2D eigenvalue weighted by Gasteiger charge is -2.27. The molecule has 5 nitrogen and oxygen atoms in total. The van der Waals surface area contributed by atoms with Gasteiger partial charge in [0.15, 0.2) is 15.8 Å². The molecule has 1 saturated heterocycles. The molecule has 1 aromatic carbocycles. The van der Waals surface area contributed by atoms with Gasteiger partial charge in [-0.25, -0.2) is 8.42 Å². The minimum Gasteiger partial charge on any atom is -0.370 e. The molecule has 0 atom stereocenters. The van der Waals surface area contributed by atoms with Crippen molar-refractivity contribution < 1.29 is 8.42 Å². The van der Waals surface area contributed by atoms with Crippen LogP contribution in [0.2, 0.25) is 0 Å². The summed E-state index contributed by atoms with van der Waals surface area (Å²) < 4.78 is 24.2. The Bertz CT molecular complexity index is 573. The fourth-order valence-corrected chi connectivity index (χ4v) is 4.31. The molecule has 0 radical (unpaired) electrons. The zero-order valence-corrected chi connectivity index (χ0v) is 16.3. The highest BCUT2D eigenvalue weighted by molar-refractivity contribution is 14.0. The lowest BCUT2D eigenvalue weighted by Crippen LogP contribution is -2.42. The van der Waals surface area contributed by atoms with Gasteiger partial charge in [-0.15, -0.1) is 24.0 Å². The van der Waals surface area contributed by atoms with E-state index in [-0.39, 0.29) is 29.7 Å². The fourth-order valence-electron chi connectivity index (χ4n) is 2.09. The van der Waals surface area contributed by atoms with Gasteiger partial charge in [-0.2, -0.15) is 11.8 Å². The highest BCUT2D eigenvalue weighted by Crippen LogP contribution is 2.11. The summed E-state index contributed by atoms with van der Waals surface area (Å²) in [5, 5.41) is 0. The van der Waals surface area contributed by atoms with Crippen molar-refractivity contribution in [1.29, 1.82) is 0 Å². The van der Waals surface area contributed by atoms with E-state index in [0.29, 0.717) is 23.8 Å². The first kappa shape index (κ1) is 19.6. The van der Waals surface area contributed by atoms with Crippen LogP contribution in [0.4, 0.5) is 0 Å². The molecular weight excluding hydrogens is 433 g/mol. The van der Waals surface area contributed by atoms with Crippen molar-refractivity contribution in [2.75, 3.05) is 36.9 Å². The fraction of sp³-hybridized carbons (Fsp3) is 0.500. The molecule has 1 aromatic rings. The molecule has 0 unspecified atom stereocenters. The van der Waals surface area contributed by atoms with E-state index in [1.54, 1.807) is 30.3 Å². The molecule has 1 heterocycles. The molecule has 8 heteroatoms. The number of rotatable bonds is 5. The van der Waals surface area contributed by atoms with E-state index in [1.165, 1.54) is 0 Å². The number of aliphatic imine (C=N–C) groups is 1. The SMILES string of the molecule is I.NC(=NCCCS(=O)(=O)c1ccccc1)N1CCSCC1. The third-order valence-electron chi connectivity index (χ3n) is 3.28. The molecule has 0 amide bonds. The first-order chi connectivity index (χ1) is 10.1. The van der Waals surface area contributed by atoms with E-state index >= 15 is 0 Å². The summed E-state index contributed by atoms with van der Waals surface area (Å²) >= 11 is 1.91. The molecule has 2 rings (SSSR count). The van der Waals surface area contributed by atoms with E-state index in [4.69, 9.17) is 5.73 Å². The van der Waals surface area contributed by atoms with Crippen LogP contribution in [0.1, 0.15) is 6.42 Å². The molecular formula is C14H22IN3O2S2. The Morgan fingerprint density at radius 3 is 2.50 bits per heavy atom. The summed E-state index contributed by atoms with van der Waals surface area (Å²) in [5.74, 6) is 2.77. The van der Waals surface area contributed by atoms with Crippen molar-refractivity contribution in [1.82, 2.24) is 4.90 Å². The van der Waals surface area contributed by atoms with Gasteiger partial charge in [-0.1, -0.05) is 18.2 Å². The maximum absolute atomic E-state index is 12.1. The highest BCUT2D eigenvalue weighted by atomic mass is 127. The van der Waals surface area contributed by atoms with Crippen molar-refractivity contribution >= 4 is 51.5 Å². The Labute approximate surface area is 153 Å². The molecule has 0 spiro atoms. The number of nitrogens with two attached hydrogens (primary N) is 1. The van der Waals surface area contributed by atoms with E-state index in [2.05, 4.69) is 9.89 Å². The van der Waals surface area contributed by atoms with Crippen molar-refractivity contribution in [2.45, 2.75) is 11.3 Å². The van der Waals surface area contributed by atoms with Gasteiger partial charge < -0.3 is 10.6 Å². The lowest BCUT2D eigenvalue weighted by molar-refractivity contribution is 0.455. The molecule has 2 N–H and O–H groups in total. The topological polar surface area (TPSA) is 75.8 Å². The van der Waals surface area contributed by atoms with Gasteiger partial charge in [0.25, 0.3) is 0 Å². The molecule has 0 aromatic heterocycles. The predicted molar refractivity (Wildman–Crippen MR) is 104 cm³/mol. The van der Waals surface area contributed by atoms with Crippen LogP contribution in [-0.2, 0) is 9.84 Å². The lowest BCUT2D eigenvalue weighted by atomic mass is 10.4. The van der Waals surface area contributed by atoms with E-state index in [9.17, 15) is 8.42 Å². The molecule has 124 valence electrons. The predicted octanol–water partition coefficient (Wildman–Crippen LogP) is 1.83. The van der Waals surface area contributed by atoms with Crippen molar-refractivity contribution in [3.63, 3.8) is 0 Å². The van der Waals surface area contributed by atoms with Crippen LogP contribution >= 0.6 is 35.7 Å². The van der Waals surface area contributed by atoms with Crippen LogP contribution in [-0.4, -0.2) is 56.2 Å². The molecule has 0 saturated carbocycles. The normalized spacial score (nSPS) is 16.2. The number of hydrogen-bond acceptors (Lipinski definition) is 4. The number of thioether (sulfide) groups is 1. The van der Waals surface area contributed by atoms with Gasteiger partial charge in [0.05, 0.1) is 10.6 Å². The average molecular weight is 455 g/mol. The third kappa shape index (κ3) is 5.96. The smallest absolute Gasteiger partial charge is 0.191 e. The Hall–Kier alpha value is -0.480. The zero-order chi connectivity index (χ0) is 15.1. The summed E-state index contributed by atoms with van der Waals surface area (Å²) in [6, 6.07) is 8.52. The third-order valence-corrected chi connectivity index (χ3v) is 6.04. The number of guanidine groups is 1. The first-order valence-electron chi connectivity index (χ1n) is 7.00. The summed E-state index contributed by atoms with van der Waals surface area (Å²) in [4.78, 5) is 6.72. The average Bonchev–Trinajstić information content (AvgIpc) is 2.53. The second kappa shape index (κ2) is 9.61. The standard InChI is InChI=1S/C14H21N3O2S2.HI/c15-14(17-8-10-20-11-9-17)16-7-4-12-21(18,19)13-5-2-1-3-6-13;/h1-3,5-6H,4,7-12H2,(H2,15,16);1H. The number of benzene rings is 1. The Kier molecular flexibility index (Phi) is 8.55. The number of halogens is 1. The quantitative estimate of drug-likeness (QED) is 0.318. The molecule has 22 heavy (non-hydrogen) atoms. The van der Waals surface area contributed by atoms with Crippen LogP contribution in [0.3, 0.4) is 0 Å². The summed E-state index contributed by atoms with van der Waals surface area (Å²) in [6.45, 7) is 2.28. The van der Waals surface area contributed by atoms with Gasteiger partial charge in [-0.05, 0) is 18.6 Å². The zero-order valence-electron chi connectivity index (χ0n) is 12.3. The molecule has 0 bridgehead atoms. The number of hydrogen-bond donors (Lipinski definition) is 1. The molecule has 1 fully saturated rings. The van der Waals surface area contributed by atoms with Gasteiger partial charge in [0, 0.05) is 31.1 Å².